The third-order valence-electron chi connectivity index (χ3n) is 9.53. The molecule has 2 aromatic carbocycles. The minimum Gasteiger partial charge on any atom is -0.507 e. The molecule has 2 aromatic rings. The van der Waals surface area contributed by atoms with E-state index in [-0.39, 0.29) is 28.0 Å². The molecule has 3 fully saturated rings. The number of hydrogen-bond donors (Lipinski definition) is 11. The maximum absolute atomic E-state index is 13.6. The van der Waals surface area contributed by atoms with Gasteiger partial charge in [0.05, 0.1) is 30.9 Å². The minimum atomic E-state index is -1.93. The molecule has 3 heterocycles. The summed E-state index contributed by atoms with van der Waals surface area (Å²) in [6, 6.07) is 6.85. The second-order valence-electron chi connectivity index (χ2n) is 13.0. The lowest BCUT2D eigenvalue weighted by Crippen LogP contribution is -2.65. The highest BCUT2D eigenvalue weighted by molar-refractivity contribution is 6.30. The Morgan fingerprint density at radius 1 is 0.635 bits per heavy atom. The van der Waals surface area contributed by atoms with Crippen LogP contribution in [-0.2, 0) is 23.7 Å². The number of phenolic OH excluding ortho intramolecular Hbond substituents is 1. The average molecular weight is 741 g/mol. The molecule has 1 aliphatic carbocycles. The molecule has 0 unspecified atom stereocenters. The minimum absolute atomic E-state index is 0.0253. The average Bonchev–Trinajstić information content (AvgIpc) is 3.12. The number of ketones is 2. The van der Waals surface area contributed by atoms with Crippen molar-refractivity contribution in [1.82, 2.24) is 0 Å². The molecule has 11 N–H and O–H groups in total. The highest BCUT2D eigenvalue weighted by Gasteiger charge is 2.52. The maximum Gasteiger partial charge on any atom is 0.229 e. The summed E-state index contributed by atoms with van der Waals surface area (Å²) in [6.45, 7) is -0.729. The first-order chi connectivity index (χ1) is 24.7. The number of phenols is 1. The SMILES string of the molecule is Cc1cc(O[C@H]2O[C@@H](CO[C@H]3O[C@@H](CO)[C@H](O)[C@@H](O[C@H]4O[C@@H](CO)[C@H](O)[C@@H](O)[C@@H]4O)[C@@H]3O)[C@H](O)[C@@H](O)[C@@H]2O)c2c(c1)C(=O)c1cccc(O)c1C2=O. The molecule has 6 rings (SSSR count). The standard InChI is InChI=1S/C33H40O19/c1-10-5-12-19(24(41)18-11(20(12)37)3-2-4-13(18)36)14(6-10)48-32-27(44)26(43)22(39)17(51-32)9-47-31-29(46)30(23(40)16(8-35)49-31)52-33-28(45)25(42)21(38)15(7-34)50-33/h2-6,15-17,21-23,25-36,38-40,42-46H,7-9H2,1H3/t15-,16-,17-,21-,22-,23-,25+,26+,27-,28-,29-,30+,31-,32-,33+/m0/s1. The van der Waals surface area contributed by atoms with Crippen LogP contribution in [0.15, 0.2) is 30.3 Å². The molecule has 286 valence electrons. The highest BCUT2D eigenvalue weighted by Crippen LogP contribution is 2.39. The number of rotatable bonds is 9. The fraction of sp³-hybridized carbons (Fsp3) is 0.576. The smallest absolute Gasteiger partial charge is 0.229 e. The molecule has 0 amide bonds. The Labute approximate surface area is 294 Å². The van der Waals surface area contributed by atoms with E-state index in [0.29, 0.717) is 5.56 Å². The lowest BCUT2D eigenvalue weighted by atomic mass is 9.82. The van der Waals surface area contributed by atoms with Crippen LogP contribution in [0.1, 0.15) is 37.4 Å². The Kier molecular flexibility index (Phi) is 11.3. The number of ether oxygens (including phenoxy) is 6. The van der Waals surface area contributed by atoms with E-state index in [0.717, 1.165) is 0 Å². The lowest BCUT2D eigenvalue weighted by molar-refractivity contribution is -0.364. The Morgan fingerprint density at radius 3 is 1.90 bits per heavy atom. The Balaban J connectivity index is 1.19. The largest absolute Gasteiger partial charge is 0.507 e. The van der Waals surface area contributed by atoms with Gasteiger partial charge >= 0.3 is 0 Å². The van der Waals surface area contributed by atoms with E-state index in [9.17, 15) is 65.8 Å². The van der Waals surface area contributed by atoms with Crippen LogP contribution in [0, 0.1) is 6.92 Å². The van der Waals surface area contributed by atoms with E-state index in [1.54, 1.807) is 6.92 Å². The summed E-state index contributed by atoms with van der Waals surface area (Å²) in [5.41, 5.74) is -0.108. The van der Waals surface area contributed by atoms with Gasteiger partial charge in [0.1, 0.15) is 84.7 Å². The summed E-state index contributed by atoms with van der Waals surface area (Å²) in [6.07, 6.45) is -26.3. The van der Waals surface area contributed by atoms with E-state index in [4.69, 9.17) is 28.4 Å². The molecule has 15 atom stereocenters. The number of aliphatic hydroxyl groups excluding tert-OH is 10. The third kappa shape index (κ3) is 6.83. The first-order valence-electron chi connectivity index (χ1n) is 16.3. The zero-order valence-corrected chi connectivity index (χ0v) is 27.4. The highest BCUT2D eigenvalue weighted by atomic mass is 16.7. The van der Waals surface area contributed by atoms with Gasteiger partial charge in [-0.3, -0.25) is 9.59 Å². The van der Waals surface area contributed by atoms with Crippen molar-refractivity contribution in [2.75, 3.05) is 19.8 Å². The molecule has 0 aromatic heterocycles. The van der Waals surface area contributed by atoms with Crippen molar-refractivity contribution < 1.29 is 94.2 Å². The molecule has 4 aliphatic rings. The maximum atomic E-state index is 13.6. The summed E-state index contributed by atoms with van der Waals surface area (Å²) in [4.78, 5) is 26.9. The second-order valence-corrected chi connectivity index (χ2v) is 13.0. The van der Waals surface area contributed by atoms with Gasteiger partial charge in [0.2, 0.25) is 12.1 Å². The number of fused-ring (bicyclic) bond motifs is 2. The quantitative estimate of drug-likeness (QED) is 0.0982. The summed E-state index contributed by atoms with van der Waals surface area (Å²) >= 11 is 0. The topological polar surface area (TPSA) is 312 Å². The number of aliphatic hydroxyl groups is 10. The number of carbonyl (C=O) groups is 2. The predicted octanol–water partition coefficient (Wildman–Crippen LogP) is -4.70. The normalized spacial score (nSPS) is 39.2. The van der Waals surface area contributed by atoms with Gasteiger partial charge in [0, 0.05) is 11.1 Å². The molecule has 19 nitrogen and oxygen atoms in total. The van der Waals surface area contributed by atoms with Crippen molar-refractivity contribution in [2.24, 2.45) is 0 Å². The zero-order valence-electron chi connectivity index (χ0n) is 27.4. The molecular formula is C33H40O19. The van der Waals surface area contributed by atoms with Crippen LogP contribution >= 0.6 is 0 Å². The molecule has 3 saturated heterocycles. The fourth-order valence-corrected chi connectivity index (χ4v) is 6.65. The van der Waals surface area contributed by atoms with Crippen LogP contribution in [-0.4, -0.2) is 180 Å². The van der Waals surface area contributed by atoms with E-state index >= 15 is 0 Å². The molecular weight excluding hydrogens is 700 g/mol. The van der Waals surface area contributed by atoms with Crippen molar-refractivity contribution in [1.29, 1.82) is 0 Å². The Morgan fingerprint density at radius 2 is 1.23 bits per heavy atom. The zero-order chi connectivity index (χ0) is 37.8. The molecule has 3 aliphatic heterocycles. The monoisotopic (exact) mass is 740 g/mol. The summed E-state index contributed by atoms with van der Waals surface area (Å²) in [5.74, 6) is -2.02. The van der Waals surface area contributed by atoms with Crippen LogP contribution < -0.4 is 4.74 Å². The summed E-state index contributed by atoms with van der Waals surface area (Å²) < 4.78 is 33.5. The van der Waals surface area contributed by atoms with Crippen molar-refractivity contribution in [3.05, 3.63) is 58.1 Å². The molecule has 0 radical (unpaired) electrons. The van der Waals surface area contributed by atoms with Crippen molar-refractivity contribution in [2.45, 2.75) is 99.0 Å². The van der Waals surface area contributed by atoms with Gasteiger partial charge in [-0.1, -0.05) is 12.1 Å². The van der Waals surface area contributed by atoms with Gasteiger partial charge in [-0.2, -0.15) is 0 Å². The molecule has 0 bridgehead atoms. The third-order valence-corrected chi connectivity index (χ3v) is 9.53. The number of hydrogen-bond acceptors (Lipinski definition) is 19. The first kappa shape index (κ1) is 38.5. The van der Waals surface area contributed by atoms with Crippen molar-refractivity contribution in [3.63, 3.8) is 0 Å². The number of benzene rings is 2. The molecule has 0 saturated carbocycles. The van der Waals surface area contributed by atoms with Crippen LogP contribution in [0.3, 0.4) is 0 Å². The van der Waals surface area contributed by atoms with Crippen LogP contribution in [0.25, 0.3) is 0 Å². The van der Waals surface area contributed by atoms with E-state index in [1.807, 2.05) is 0 Å². The molecule has 52 heavy (non-hydrogen) atoms. The molecule has 19 heteroatoms. The van der Waals surface area contributed by atoms with Crippen LogP contribution in [0.4, 0.5) is 0 Å². The molecule has 0 spiro atoms. The van der Waals surface area contributed by atoms with Gasteiger partial charge < -0.3 is 84.6 Å². The Bertz CT molecular complexity index is 1630. The van der Waals surface area contributed by atoms with Crippen molar-refractivity contribution in [3.8, 4) is 11.5 Å². The first-order valence-corrected chi connectivity index (χ1v) is 16.3. The van der Waals surface area contributed by atoms with E-state index < -0.39 is 129 Å². The van der Waals surface area contributed by atoms with Gasteiger partial charge in [-0.15, -0.1) is 0 Å². The Hall–Kier alpha value is -3.22. The van der Waals surface area contributed by atoms with Crippen LogP contribution in [0.2, 0.25) is 0 Å². The number of carbonyl (C=O) groups excluding carboxylic acids is 2. The summed E-state index contributed by atoms with van der Waals surface area (Å²) in [7, 11) is 0. The summed E-state index contributed by atoms with van der Waals surface area (Å²) in [5, 5.41) is 114. The predicted molar refractivity (Wildman–Crippen MR) is 166 cm³/mol. The van der Waals surface area contributed by atoms with E-state index in [2.05, 4.69) is 0 Å². The number of aromatic hydroxyl groups is 1. The van der Waals surface area contributed by atoms with Gasteiger partial charge in [-0.05, 0) is 30.7 Å². The van der Waals surface area contributed by atoms with Gasteiger partial charge in [0.15, 0.2) is 18.4 Å². The van der Waals surface area contributed by atoms with E-state index in [1.165, 1.54) is 30.3 Å². The van der Waals surface area contributed by atoms with Gasteiger partial charge in [-0.25, -0.2) is 0 Å². The second kappa shape index (κ2) is 15.3. The van der Waals surface area contributed by atoms with Crippen molar-refractivity contribution >= 4 is 11.6 Å². The lowest BCUT2D eigenvalue weighted by Gasteiger charge is -2.46. The fourth-order valence-electron chi connectivity index (χ4n) is 6.65. The number of aryl methyl sites for hydroxylation is 1. The van der Waals surface area contributed by atoms with Crippen LogP contribution in [0.5, 0.6) is 11.5 Å². The van der Waals surface area contributed by atoms with Gasteiger partial charge in [0.25, 0.3) is 0 Å².